The standard InChI is InChI=1S/C23H30FN3O6/c1-32-22-19-16(21(29)17(23(30)31)14-27(19)15-3-2-4-15)13-18(24)20(22)26-7-5-25(6-8-26)9-11-33-12-10-28/h13-15,28H,2-12H2,1H3,(H,30,31). The number of nitrogens with zero attached hydrogens (tertiary/aromatic N) is 3. The quantitative estimate of drug-likeness (QED) is 0.542. The fourth-order valence-electron chi connectivity index (χ4n) is 4.59. The molecule has 0 atom stereocenters. The van der Waals surface area contributed by atoms with Gasteiger partial charge in [0, 0.05) is 45.0 Å². The molecule has 0 unspecified atom stereocenters. The number of carbonyl (C=O) groups is 1. The van der Waals surface area contributed by atoms with Crippen LogP contribution in [0.4, 0.5) is 10.1 Å². The van der Waals surface area contributed by atoms with Gasteiger partial charge in [0.05, 0.1) is 37.8 Å². The Morgan fingerprint density at radius 3 is 2.52 bits per heavy atom. The van der Waals surface area contributed by atoms with Crippen molar-refractivity contribution in [2.24, 2.45) is 0 Å². The SMILES string of the molecule is COc1c(N2CCN(CCOCCO)CC2)c(F)cc2c(=O)c(C(=O)O)cn(C3CCC3)c12. The Hall–Kier alpha value is -2.69. The minimum atomic E-state index is -1.32. The first kappa shape index (κ1) is 23.5. The molecule has 4 rings (SSSR count). The maximum absolute atomic E-state index is 15.4. The predicted octanol–water partition coefficient (Wildman–Crippen LogP) is 1.70. The molecular weight excluding hydrogens is 433 g/mol. The normalized spacial score (nSPS) is 17.4. The summed E-state index contributed by atoms with van der Waals surface area (Å²) in [5.74, 6) is -1.65. The van der Waals surface area contributed by atoms with Gasteiger partial charge in [0.15, 0.2) is 11.6 Å². The molecule has 2 fully saturated rings. The molecule has 0 spiro atoms. The molecule has 1 aromatic carbocycles. The van der Waals surface area contributed by atoms with Gasteiger partial charge in [-0.25, -0.2) is 9.18 Å². The summed E-state index contributed by atoms with van der Waals surface area (Å²) in [6, 6.07) is 1.21. The van der Waals surface area contributed by atoms with Crippen molar-refractivity contribution in [3.05, 3.63) is 33.9 Å². The van der Waals surface area contributed by atoms with Gasteiger partial charge in [-0.2, -0.15) is 0 Å². The van der Waals surface area contributed by atoms with Crippen LogP contribution in [0.3, 0.4) is 0 Å². The summed E-state index contributed by atoms with van der Waals surface area (Å²) in [5.41, 5.74) is -0.310. The third-order valence-corrected chi connectivity index (χ3v) is 6.58. The van der Waals surface area contributed by atoms with E-state index in [4.69, 9.17) is 14.6 Å². The lowest BCUT2D eigenvalue weighted by Gasteiger charge is -2.37. The zero-order valence-electron chi connectivity index (χ0n) is 18.8. The molecule has 33 heavy (non-hydrogen) atoms. The van der Waals surface area contributed by atoms with Crippen LogP contribution in [0, 0.1) is 5.82 Å². The van der Waals surface area contributed by atoms with Crippen LogP contribution >= 0.6 is 0 Å². The van der Waals surface area contributed by atoms with Gasteiger partial charge in [-0.05, 0) is 25.3 Å². The first-order valence-electron chi connectivity index (χ1n) is 11.3. The van der Waals surface area contributed by atoms with Crippen molar-refractivity contribution in [1.82, 2.24) is 9.47 Å². The highest BCUT2D eigenvalue weighted by Gasteiger charge is 2.30. The average molecular weight is 464 g/mol. The number of methoxy groups -OCH3 is 1. The number of anilines is 1. The number of ether oxygens (including phenoxy) is 2. The second-order valence-corrected chi connectivity index (χ2v) is 8.47. The molecule has 9 nitrogen and oxygen atoms in total. The van der Waals surface area contributed by atoms with Gasteiger partial charge in [0.25, 0.3) is 0 Å². The van der Waals surface area contributed by atoms with Crippen LogP contribution in [0.5, 0.6) is 5.75 Å². The number of hydrogen-bond donors (Lipinski definition) is 2. The second kappa shape index (κ2) is 10.1. The molecule has 2 aliphatic rings. The van der Waals surface area contributed by atoms with Crippen molar-refractivity contribution in [2.75, 3.05) is 64.6 Å². The van der Waals surface area contributed by atoms with Crippen molar-refractivity contribution in [2.45, 2.75) is 25.3 Å². The number of hydrogen-bond acceptors (Lipinski definition) is 7. The molecule has 180 valence electrons. The van der Waals surface area contributed by atoms with Crippen LogP contribution in [-0.2, 0) is 4.74 Å². The Balaban J connectivity index is 1.70. The van der Waals surface area contributed by atoms with E-state index in [1.54, 1.807) is 4.57 Å². The van der Waals surface area contributed by atoms with E-state index in [9.17, 15) is 14.7 Å². The summed E-state index contributed by atoms with van der Waals surface area (Å²) >= 11 is 0. The molecule has 10 heteroatoms. The fourth-order valence-corrected chi connectivity index (χ4v) is 4.59. The zero-order chi connectivity index (χ0) is 23.5. The number of carboxylic acid groups (broad SMARTS) is 1. The molecule has 2 N–H and O–H groups in total. The molecule has 1 aromatic heterocycles. The molecule has 2 aromatic rings. The molecule has 1 aliphatic heterocycles. The zero-order valence-corrected chi connectivity index (χ0v) is 18.8. The summed E-state index contributed by atoms with van der Waals surface area (Å²) < 4.78 is 28.2. The summed E-state index contributed by atoms with van der Waals surface area (Å²) in [6.07, 6.45) is 4.13. The number of halogens is 1. The Morgan fingerprint density at radius 2 is 1.94 bits per heavy atom. The Labute approximate surface area is 190 Å². The highest BCUT2D eigenvalue weighted by molar-refractivity contribution is 5.97. The number of benzene rings is 1. The Bertz CT molecular complexity index is 1080. The maximum Gasteiger partial charge on any atom is 0.341 e. The molecule has 0 radical (unpaired) electrons. The number of aromatic nitrogens is 1. The van der Waals surface area contributed by atoms with E-state index >= 15 is 4.39 Å². The van der Waals surface area contributed by atoms with E-state index < -0.39 is 17.2 Å². The van der Waals surface area contributed by atoms with Crippen LogP contribution in [0.15, 0.2) is 17.1 Å². The number of pyridine rings is 1. The number of carboxylic acids is 1. The molecule has 1 aliphatic carbocycles. The van der Waals surface area contributed by atoms with Gasteiger partial charge in [0.1, 0.15) is 11.3 Å². The Morgan fingerprint density at radius 1 is 1.21 bits per heavy atom. The Kier molecular flexibility index (Phi) is 7.16. The monoisotopic (exact) mass is 463 g/mol. The molecule has 1 saturated heterocycles. The number of aromatic carboxylic acids is 1. The smallest absolute Gasteiger partial charge is 0.341 e. The van der Waals surface area contributed by atoms with Gasteiger partial charge in [-0.1, -0.05) is 0 Å². The van der Waals surface area contributed by atoms with Crippen molar-refractivity contribution < 1.29 is 28.9 Å². The van der Waals surface area contributed by atoms with Crippen LogP contribution < -0.4 is 15.1 Å². The van der Waals surface area contributed by atoms with E-state index in [-0.39, 0.29) is 29.3 Å². The number of rotatable bonds is 9. The highest BCUT2D eigenvalue weighted by Crippen LogP contribution is 2.42. The van der Waals surface area contributed by atoms with Gasteiger partial charge in [-0.3, -0.25) is 9.69 Å². The van der Waals surface area contributed by atoms with Gasteiger partial charge in [0.2, 0.25) is 5.43 Å². The lowest BCUT2D eigenvalue weighted by atomic mass is 9.91. The van der Waals surface area contributed by atoms with E-state index in [2.05, 4.69) is 4.90 Å². The average Bonchev–Trinajstić information content (AvgIpc) is 2.77. The molecular formula is C23H30FN3O6. The first-order chi connectivity index (χ1) is 16.0. The van der Waals surface area contributed by atoms with Crippen molar-refractivity contribution in [3.8, 4) is 5.75 Å². The van der Waals surface area contributed by atoms with Gasteiger partial charge >= 0.3 is 5.97 Å². The van der Waals surface area contributed by atoms with Crippen LogP contribution in [-0.4, -0.2) is 85.3 Å². The molecule has 2 heterocycles. The van der Waals surface area contributed by atoms with Crippen LogP contribution in [0.25, 0.3) is 10.9 Å². The number of fused-ring (bicyclic) bond motifs is 1. The molecule has 0 amide bonds. The van der Waals surface area contributed by atoms with Gasteiger partial charge in [-0.15, -0.1) is 0 Å². The predicted molar refractivity (Wildman–Crippen MR) is 121 cm³/mol. The third-order valence-electron chi connectivity index (χ3n) is 6.58. The van der Waals surface area contributed by atoms with Crippen LogP contribution in [0.2, 0.25) is 0 Å². The topological polar surface area (TPSA) is 104 Å². The van der Waals surface area contributed by atoms with Crippen molar-refractivity contribution >= 4 is 22.6 Å². The number of piperazine rings is 1. The lowest BCUT2D eigenvalue weighted by Crippen LogP contribution is -2.47. The lowest BCUT2D eigenvalue weighted by molar-refractivity contribution is 0.0694. The van der Waals surface area contributed by atoms with E-state index in [1.165, 1.54) is 13.3 Å². The molecule has 0 bridgehead atoms. The largest absolute Gasteiger partial charge is 0.492 e. The second-order valence-electron chi connectivity index (χ2n) is 8.47. The van der Waals surface area contributed by atoms with Crippen molar-refractivity contribution in [3.63, 3.8) is 0 Å². The summed E-state index contributed by atoms with van der Waals surface area (Å²) in [4.78, 5) is 28.7. The van der Waals surface area contributed by atoms with E-state index in [1.807, 2.05) is 4.90 Å². The van der Waals surface area contributed by atoms with E-state index in [0.717, 1.165) is 31.9 Å². The van der Waals surface area contributed by atoms with E-state index in [0.29, 0.717) is 50.6 Å². The third kappa shape index (κ3) is 4.55. The highest BCUT2D eigenvalue weighted by atomic mass is 19.1. The maximum atomic E-state index is 15.4. The van der Waals surface area contributed by atoms with Crippen molar-refractivity contribution in [1.29, 1.82) is 0 Å². The summed E-state index contributed by atoms with van der Waals surface area (Å²) in [5, 5.41) is 18.4. The van der Waals surface area contributed by atoms with Crippen LogP contribution in [0.1, 0.15) is 35.7 Å². The molecule has 1 saturated carbocycles. The fraction of sp³-hybridized carbons (Fsp3) is 0.565. The van der Waals surface area contributed by atoms with Gasteiger partial charge < -0.3 is 29.2 Å². The summed E-state index contributed by atoms with van der Waals surface area (Å²) in [6.45, 7) is 4.10. The first-order valence-corrected chi connectivity index (χ1v) is 11.3. The summed E-state index contributed by atoms with van der Waals surface area (Å²) in [7, 11) is 1.45. The number of aliphatic hydroxyl groups is 1. The minimum absolute atomic E-state index is 0.00526. The number of aliphatic hydroxyl groups excluding tert-OH is 1. The minimum Gasteiger partial charge on any atom is -0.492 e.